The van der Waals surface area contributed by atoms with Gasteiger partial charge in [0.25, 0.3) is 0 Å². The normalized spacial score (nSPS) is 20.9. The number of rotatable bonds is 5. The summed E-state index contributed by atoms with van der Waals surface area (Å²) in [6, 6.07) is 0. The summed E-state index contributed by atoms with van der Waals surface area (Å²) < 4.78 is 0. The van der Waals surface area contributed by atoms with E-state index in [0.29, 0.717) is 13.1 Å². The molecule has 2 aliphatic rings. The molecule has 0 saturated heterocycles. The molecular formula is C12H22ClN3O2. The van der Waals surface area contributed by atoms with Crippen molar-refractivity contribution in [2.24, 2.45) is 11.7 Å². The van der Waals surface area contributed by atoms with Crippen molar-refractivity contribution in [1.82, 2.24) is 10.6 Å². The van der Waals surface area contributed by atoms with Gasteiger partial charge in [0, 0.05) is 19.0 Å². The predicted molar refractivity (Wildman–Crippen MR) is 71.4 cm³/mol. The van der Waals surface area contributed by atoms with Crippen molar-refractivity contribution in [3.8, 4) is 0 Å². The Labute approximate surface area is 114 Å². The fourth-order valence-corrected chi connectivity index (χ4v) is 2.26. The molecule has 2 amide bonds. The van der Waals surface area contributed by atoms with E-state index in [4.69, 9.17) is 5.73 Å². The van der Waals surface area contributed by atoms with Crippen LogP contribution in [-0.4, -0.2) is 30.4 Å². The lowest BCUT2D eigenvalue weighted by atomic mass is 9.98. The van der Waals surface area contributed by atoms with Gasteiger partial charge in [0.15, 0.2) is 0 Å². The Kier molecular flexibility index (Phi) is 5.41. The zero-order valence-corrected chi connectivity index (χ0v) is 11.4. The maximum Gasteiger partial charge on any atom is 0.240 e. The Morgan fingerprint density at radius 1 is 1.11 bits per heavy atom. The molecule has 6 heteroatoms. The van der Waals surface area contributed by atoms with Gasteiger partial charge >= 0.3 is 0 Å². The van der Waals surface area contributed by atoms with Gasteiger partial charge in [-0.15, -0.1) is 12.4 Å². The number of carbonyl (C=O) groups excluding carboxylic acids is 2. The van der Waals surface area contributed by atoms with E-state index in [1.54, 1.807) is 0 Å². The highest BCUT2D eigenvalue weighted by Crippen LogP contribution is 2.28. The molecule has 0 aliphatic heterocycles. The summed E-state index contributed by atoms with van der Waals surface area (Å²) in [4.78, 5) is 23.1. The fraction of sp³-hybridized carbons (Fsp3) is 0.833. The number of hydrogen-bond donors (Lipinski definition) is 3. The van der Waals surface area contributed by atoms with E-state index in [2.05, 4.69) is 10.6 Å². The largest absolute Gasteiger partial charge is 0.354 e. The van der Waals surface area contributed by atoms with Crippen LogP contribution in [0.2, 0.25) is 0 Å². The second-order valence-corrected chi connectivity index (χ2v) is 5.18. The molecule has 4 N–H and O–H groups in total. The number of hydrogen-bond acceptors (Lipinski definition) is 3. The predicted octanol–water partition coefficient (Wildman–Crippen LogP) is 0.322. The molecule has 0 atom stereocenters. The molecule has 0 aromatic carbocycles. The molecule has 0 unspecified atom stereocenters. The van der Waals surface area contributed by atoms with Crippen LogP contribution in [0.4, 0.5) is 0 Å². The Hall–Kier alpha value is -0.810. The van der Waals surface area contributed by atoms with Gasteiger partial charge < -0.3 is 16.4 Å². The molecule has 5 nitrogen and oxygen atoms in total. The highest BCUT2D eigenvalue weighted by molar-refractivity contribution is 5.86. The minimum absolute atomic E-state index is 0. The molecule has 0 heterocycles. The lowest BCUT2D eigenvalue weighted by Crippen LogP contribution is -2.53. The Morgan fingerprint density at radius 2 is 1.67 bits per heavy atom. The van der Waals surface area contributed by atoms with Crippen LogP contribution in [0.15, 0.2) is 0 Å². The van der Waals surface area contributed by atoms with Crippen molar-refractivity contribution >= 4 is 24.2 Å². The number of halogens is 1. The summed E-state index contributed by atoms with van der Waals surface area (Å²) in [5, 5.41) is 5.61. The molecule has 2 fully saturated rings. The Morgan fingerprint density at radius 3 is 2.22 bits per heavy atom. The van der Waals surface area contributed by atoms with E-state index < -0.39 is 5.54 Å². The minimum Gasteiger partial charge on any atom is -0.354 e. The van der Waals surface area contributed by atoms with Crippen molar-refractivity contribution in [2.45, 2.75) is 44.1 Å². The van der Waals surface area contributed by atoms with Crippen LogP contribution in [0.25, 0.3) is 0 Å². The van der Waals surface area contributed by atoms with Crippen LogP contribution >= 0.6 is 12.4 Å². The average molecular weight is 276 g/mol. The van der Waals surface area contributed by atoms with E-state index in [0.717, 1.165) is 38.5 Å². The van der Waals surface area contributed by atoms with Crippen LogP contribution in [0.3, 0.4) is 0 Å². The van der Waals surface area contributed by atoms with E-state index in [-0.39, 0.29) is 30.1 Å². The molecule has 18 heavy (non-hydrogen) atoms. The van der Waals surface area contributed by atoms with Crippen LogP contribution in [0.5, 0.6) is 0 Å². The standard InChI is InChI=1S/C12H21N3O2.ClH/c13-12(5-1-2-6-12)11(17)15-8-7-14-10(16)9-3-4-9;/h9H,1-8,13H2,(H,14,16)(H,15,17);1H. The second kappa shape index (κ2) is 6.38. The van der Waals surface area contributed by atoms with E-state index in [1.165, 1.54) is 0 Å². The first-order valence-corrected chi connectivity index (χ1v) is 6.47. The molecule has 2 aliphatic carbocycles. The number of nitrogens with one attached hydrogen (secondary N) is 2. The lowest BCUT2D eigenvalue weighted by Gasteiger charge is -2.22. The summed E-state index contributed by atoms with van der Waals surface area (Å²) in [6.07, 6.45) is 5.61. The monoisotopic (exact) mass is 275 g/mol. The van der Waals surface area contributed by atoms with Gasteiger partial charge in [0.2, 0.25) is 11.8 Å². The summed E-state index contributed by atoms with van der Waals surface area (Å²) in [6.45, 7) is 0.966. The fourth-order valence-electron chi connectivity index (χ4n) is 2.26. The van der Waals surface area contributed by atoms with Crippen LogP contribution in [0.1, 0.15) is 38.5 Å². The van der Waals surface area contributed by atoms with Crippen molar-refractivity contribution in [3.05, 3.63) is 0 Å². The SMILES string of the molecule is Cl.NC1(C(=O)NCCNC(=O)C2CC2)CCCC1. The molecule has 0 bridgehead atoms. The molecule has 0 spiro atoms. The Bertz CT molecular complexity index is 312. The smallest absolute Gasteiger partial charge is 0.240 e. The summed E-state index contributed by atoms with van der Waals surface area (Å²) in [7, 11) is 0. The van der Waals surface area contributed by atoms with Crippen molar-refractivity contribution in [2.75, 3.05) is 13.1 Å². The van der Waals surface area contributed by atoms with Gasteiger partial charge in [0.05, 0.1) is 5.54 Å². The van der Waals surface area contributed by atoms with Gasteiger partial charge in [-0.2, -0.15) is 0 Å². The molecule has 0 aromatic rings. The number of carbonyl (C=O) groups is 2. The van der Waals surface area contributed by atoms with Gasteiger partial charge in [-0.3, -0.25) is 9.59 Å². The molecule has 104 valence electrons. The van der Waals surface area contributed by atoms with Crippen LogP contribution in [-0.2, 0) is 9.59 Å². The third-order valence-corrected chi connectivity index (χ3v) is 3.61. The van der Waals surface area contributed by atoms with Crippen LogP contribution < -0.4 is 16.4 Å². The summed E-state index contributed by atoms with van der Waals surface area (Å²) in [5.41, 5.74) is 5.34. The molecule has 2 rings (SSSR count). The van der Waals surface area contributed by atoms with Crippen molar-refractivity contribution in [3.63, 3.8) is 0 Å². The minimum atomic E-state index is -0.666. The highest BCUT2D eigenvalue weighted by Gasteiger charge is 2.36. The number of amides is 2. The van der Waals surface area contributed by atoms with Gasteiger partial charge in [0.1, 0.15) is 0 Å². The van der Waals surface area contributed by atoms with Crippen LogP contribution in [0, 0.1) is 5.92 Å². The molecule has 0 aromatic heterocycles. The molecule has 0 radical (unpaired) electrons. The summed E-state index contributed by atoms with van der Waals surface area (Å²) in [5.74, 6) is 0.264. The summed E-state index contributed by atoms with van der Waals surface area (Å²) >= 11 is 0. The second-order valence-electron chi connectivity index (χ2n) is 5.18. The van der Waals surface area contributed by atoms with Gasteiger partial charge in [-0.25, -0.2) is 0 Å². The van der Waals surface area contributed by atoms with E-state index in [1.807, 2.05) is 0 Å². The van der Waals surface area contributed by atoms with Crippen molar-refractivity contribution in [1.29, 1.82) is 0 Å². The first kappa shape index (κ1) is 15.2. The topological polar surface area (TPSA) is 84.2 Å². The molecule has 2 saturated carbocycles. The van der Waals surface area contributed by atoms with E-state index >= 15 is 0 Å². The molecular weight excluding hydrogens is 254 g/mol. The number of nitrogens with two attached hydrogens (primary N) is 1. The maximum absolute atomic E-state index is 11.8. The zero-order valence-electron chi connectivity index (χ0n) is 10.5. The average Bonchev–Trinajstić information content (AvgIpc) is 3.07. The Balaban J connectivity index is 0.00000162. The zero-order chi connectivity index (χ0) is 12.3. The van der Waals surface area contributed by atoms with Gasteiger partial charge in [-0.1, -0.05) is 12.8 Å². The maximum atomic E-state index is 11.8. The third kappa shape index (κ3) is 3.85. The van der Waals surface area contributed by atoms with E-state index in [9.17, 15) is 9.59 Å². The highest BCUT2D eigenvalue weighted by atomic mass is 35.5. The third-order valence-electron chi connectivity index (χ3n) is 3.61. The first-order valence-electron chi connectivity index (χ1n) is 6.47. The first-order chi connectivity index (χ1) is 8.12. The van der Waals surface area contributed by atoms with Crippen molar-refractivity contribution < 1.29 is 9.59 Å². The quantitative estimate of drug-likeness (QED) is 0.632. The van der Waals surface area contributed by atoms with Gasteiger partial charge in [-0.05, 0) is 25.7 Å². The lowest BCUT2D eigenvalue weighted by molar-refractivity contribution is -0.126.